The Hall–Kier alpha value is -5.86. The van der Waals surface area contributed by atoms with E-state index in [0.29, 0.717) is 36.1 Å². The zero-order valence-corrected chi connectivity index (χ0v) is 38.0. The van der Waals surface area contributed by atoms with Crippen LogP contribution in [0, 0.1) is 11.8 Å². The first kappa shape index (κ1) is 45.7. The molecule has 2 aliphatic carbocycles. The van der Waals surface area contributed by atoms with E-state index in [9.17, 15) is 14.7 Å². The average Bonchev–Trinajstić information content (AvgIpc) is 4.16. The minimum Gasteiger partial charge on any atom is -0.481 e. The number of fused-ring (bicyclic) bond motifs is 2. The highest BCUT2D eigenvalue weighted by atomic mass is 16.4. The van der Waals surface area contributed by atoms with E-state index < -0.39 is 11.9 Å². The van der Waals surface area contributed by atoms with Crippen LogP contribution in [0.15, 0.2) is 182 Å². The number of aliphatic carboxylic acids is 1. The highest BCUT2D eigenvalue weighted by molar-refractivity contribution is 5.87. The lowest BCUT2D eigenvalue weighted by atomic mass is 9.90. The molecule has 8 atom stereocenters. The number of nitrogens with two attached hydrogens (primary N) is 1. The van der Waals surface area contributed by atoms with E-state index in [1.807, 2.05) is 97.1 Å². The number of nitrogens with one attached hydrogen (secondary N) is 1. The summed E-state index contributed by atoms with van der Waals surface area (Å²) in [5.41, 5.74) is 12.8. The molecule has 0 radical (unpaired) electrons. The van der Waals surface area contributed by atoms with Crippen molar-refractivity contribution < 1.29 is 14.7 Å². The van der Waals surface area contributed by atoms with Crippen molar-refractivity contribution in [2.75, 3.05) is 13.1 Å². The molecule has 6 aromatic rings. The van der Waals surface area contributed by atoms with E-state index >= 15 is 0 Å². The van der Waals surface area contributed by atoms with Gasteiger partial charge < -0.3 is 16.2 Å². The zero-order chi connectivity index (χ0) is 45.1. The van der Waals surface area contributed by atoms with Crippen LogP contribution in [0.5, 0.6) is 0 Å². The Morgan fingerprint density at radius 2 is 0.815 bits per heavy atom. The lowest BCUT2D eigenvalue weighted by molar-refractivity contribution is -0.137. The third-order valence-electron chi connectivity index (χ3n) is 14.7. The molecule has 4 aliphatic rings. The maximum atomic E-state index is 13.7. The van der Waals surface area contributed by atoms with Gasteiger partial charge in [-0.15, -0.1) is 0 Å². The number of carbonyl (C=O) groups excluding carboxylic acids is 1. The molecule has 0 spiro atoms. The van der Waals surface area contributed by atoms with Crippen molar-refractivity contribution in [3.63, 3.8) is 0 Å². The third kappa shape index (κ3) is 10.8. The lowest BCUT2D eigenvalue weighted by Crippen LogP contribution is -2.49. The topological polar surface area (TPSA) is 98.9 Å². The Labute approximate surface area is 386 Å². The first-order chi connectivity index (χ1) is 31.8. The van der Waals surface area contributed by atoms with E-state index in [2.05, 4.69) is 114 Å². The Kier molecular flexibility index (Phi) is 15.4. The highest BCUT2D eigenvalue weighted by Gasteiger charge is 2.47. The van der Waals surface area contributed by atoms with Crippen LogP contribution in [0.1, 0.15) is 110 Å². The van der Waals surface area contributed by atoms with Crippen LogP contribution in [0.4, 0.5) is 0 Å². The lowest BCUT2D eigenvalue weighted by Gasteiger charge is -2.35. The molecule has 2 heterocycles. The minimum atomic E-state index is -0.822. The SMILES string of the molecule is C[C@H](c1ccccc1)N1CC[C@H]2CC[C@H](N)[C@H]21.C[C@H](c1ccccc1)N1CC[C@H]2CC[C@H](NC(=O)C(c3ccccc3)c3ccccc3)[C@H]21.O=C(O)C(c1ccccc1)c1ccccc1. The number of hydrogen-bond donors (Lipinski definition) is 3. The second kappa shape index (κ2) is 21.9. The van der Waals surface area contributed by atoms with Gasteiger partial charge in [-0.05, 0) is 111 Å². The molecular formula is C58H66N4O3. The zero-order valence-electron chi connectivity index (χ0n) is 38.0. The van der Waals surface area contributed by atoms with E-state index in [-0.39, 0.29) is 17.9 Å². The van der Waals surface area contributed by atoms with Crippen molar-refractivity contribution in [2.45, 2.75) is 100 Å². The predicted octanol–water partition coefficient (Wildman–Crippen LogP) is 11.0. The fraction of sp³-hybridized carbons (Fsp3) is 0.345. The Bertz CT molecular complexity index is 2290. The van der Waals surface area contributed by atoms with Crippen LogP contribution < -0.4 is 11.1 Å². The first-order valence-electron chi connectivity index (χ1n) is 23.9. The molecule has 0 aromatic heterocycles. The average molecular weight is 867 g/mol. The summed E-state index contributed by atoms with van der Waals surface area (Å²) in [5, 5.41) is 12.8. The molecule has 65 heavy (non-hydrogen) atoms. The van der Waals surface area contributed by atoms with Gasteiger partial charge in [0, 0.05) is 36.3 Å². The molecular weight excluding hydrogens is 801 g/mol. The second-order valence-corrected chi connectivity index (χ2v) is 18.5. The van der Waals surface area contributed by atoms with Crippen LogP contribution in [0.2, 0.25) is 0 Å². The van der Waals surface area contributed by atoms with Crippen molar-refractivity contribution in [1.29, 1.82) is 0 Å². The molecule has 1 amide bonds. The molecule has 6 aromatic carbocycles. The molecule has 2 aliphatic heterocycles. The molecule has 4 fully saturated rings. The molecule has 2 saturated heterocycles. The molecule has 0 unspecified atom stereocenters. The fourth-order valence-electron chi connectivity index (χ4n) is 11.5. The first-order valence-corrected chi connectivity index (χ1v) is 23.9. The predicted molar refractivity (Wildman–Crippen MR) is 262 cm³/mol. The third-order valence-corrected chi connectivity index (χ3v) is 14.7. The Morgan fingerprint density at radius 1 is 0.477 bits per heavy atom. The summed E-state index contributed by atoms with van der Waals surface area (Å²) < 4.78 is 0. The van der Waals surface area contributed by atoms with Gasteiger partial charge in [-0.25, -0.2) is 0 Å². The van der Waals surface area contributed by atoms with Crippen molar-refractivity contribution in [3.8, 4) is 0 Å². The van der Waals surface area contributed by atoms with Crippen LogP contribution in [0.25, 0.3) is 0 Å². The number of amides is 1. The summed E-state index contributed by atoms with van der Waals surface area (Å²) in [6.07, 6.45) is 7.39. The number of rotatable bonds is 11. The van der Waals surface area contributed by atoms with Gasteiger partial charge in [0.25, 0.3) is 0 Å². The molecule has 4 N–H and O–H groups in total. The van der Waals surface area contributed by atoms with Gasteiger partial charge in [0.15, 0.2) is 0 Å². The molecule has 336 valence electrons. The van der Waals surface area contributed by atoms with Gasteiger partial charge in [-0.3, -0.25) is 19.4 Å². The van der Waals surface area contributed by atoms with Crippen LogP contribution >= 0.6 is 0 Å². The van der Waals surface area contributed by atoms with Gasteiger partial charge in [-0.1, -0.05) is 182 Å². The largest absolute Gasteiger partial charge is 0.481 e. The van der Waals surface area contributed by atoms with E-state index in [0.717, 1.165) is 41.1 Å². The molecule has 0 bridgehead atoms. The highest BCUT2D eigenvalue weighted by Crippen LogP contribution is 2.43. The Morgan fingerprint density at radius 3 is 1.22 bits per heavy atom. The van der Waals surface area contributed by atoms with Crippen molar-refractivity contribution in [1.82, 2.24) is 15.1 Å². The van der Waals surface area contributed by atoms with Crippen molar-refractivity contribution in [2.24, 2.45) is 17.6 Å². The molecule has 10 rings (SSSR count). The van der Waals surface area contributed by atoms with Gasteiger partial charge in [0.05, 0.1) is 5.92 Å². The van der Waals surface area contributed by atoms with Crippen molar-refractivity contribution in [3.05, 3.63) is 215 Å². The quantitative estimate of drug-likeness (QED) is 0.120. The van der Waals surface area contributed by atoms with Gasteiger partial charge >= 0.3 is 5.97 Å². The molecule has 7 heteroatoms. The van der Waals surface area contributed by atoms with Crippen LogP contribution in [-0.4, -0.2) is 64.0 Å². The summed E-state index contributed by atoms with van der Waals surface area (Å²) in [4.78, 5) is 30.3. The summed E-state index contributed by atoms with van der Waals surface area (Å²) >= 11 is 0. The molecule has 2 saturated carbocycles. The van der Waals surface area contributed by atoms with Crippen LogP contribution in [0.3, 0.4) is 0 Å². The summed E-state index contributed by atoms with van der Waals surface area (Å²) in [6.45, 7) is 6.96. The smallest absolute Gasteiger partial charge is 0.315 e. The minimum absolute atomic E-state index is 0.118. The number of carboxylic acids is 1. The van der Waals surface area contributed by atoms with Gasteiger partial charge in [0.2, 0.25) is 5.91 Å². The summed E-state index contributed by atoms with van der Waals surface area (Å²) in [6, 6.07) is 63.0. The molecule has 7 nitrogen and oxygen atoms in total. The van der Waals surface area contributed by atoms with E-state index in [1.165, 1.54) is 49.8 Å². The van der Waals surface area contributed by atoms with Crippen LogP contribution in [-0.2, 0) is 9.59 Å². The maximum Gasteiger partial charge on any atom is 0.315 e. The number of carbonyl (C=O) groups is 2. The van der Waals surface area contributed by atoms with Gasteiger partial charge in [-0.2, -0.15) is 0 Å². The number of benzene rings is 6. The normalized spacial score (nSPS) is 23.3. The maximum absolute atomic E-state index is 13.7. The second-order valence-electron chi connectivity index (χ2n) is 18.5. The Balaban J connectivity index is 0.000000147. The number of nitrogens with zero attached hydrogens (tertiary/aromatic N) is 2. The van der Waals surface area contributed by atoms with E-state index in [4.69, 9.17) is 5.73 Å². The van der Waals surface area contributed by atoms with E-state index in [1.54, 1.807) is 0 Å². The summed E-state index contributed by atoms with van der Waals surface area (Å²) in [7, 11) is 0. The number of likely N-dealkylation sites (tertiary alicyclic amines) is 2. The van der Waals surface area contributed by atoms with Crippen molar-refractivity contribution >= 4 is 11.9 Å². The standard InChI is InChI=1S/C29H32N2O.C15H22N2.C14H12O2/c1-21(22-11-5-2-6-12-22)31-20-19-25-17-18-26(28(25)31)30-29(32)27(23-13-7-3-8-14-23)24-15-9-4-10-16-24;1-11(12-5-3-2-4-6-12)17-10-9-13-7-8-14(16)15(13)17;15-14(16)13(11-7-3-1-4-8-11)12-9-5-2-6-10-12/h2-16,21,25-28H,17-20H2,1H3,(H,30,32);2-6,11,13-15H,7-10,16H2,1H3;1-10,13H,(H,15,16)/t21-,25-,26+,28+;11-,13-,14+,15+;/m11./s1. The fourth-order valence-corrected chi connectivity index (χ4v) is 11.5. The number of carboxylic acid groups (broad SMARTS) is 1. The monoisotopic (exact) mass is 867 g/mol. The van der Waals surface area contributed by atoms with Gasteiger partial charge in [0.1, 0.15) is 5.92 Å². The number of hydrogen-bond acceptors (Lipinski definition) is 5. The summed E-state index contributed by atoms with van der Waals surface area (Å²) in [5.74, 6) is -0.0283.